The Morgan fingerprint density at radius 3 is 2.83 bits per heavy atom. The highest BCUT2D eigenvalue weighted by Gasteiger charge is 2.19. The fourth-order valence-electron chi connectivity index (χ4n) is 3.17. The predicted molar refractivity (Wildman–Crippen MR) is 111 cm³/mol. The average Bonchev–Trinajstić information content (AvgIpc) is 3.08. The second-order valence-corrected chi connectivity index (χ2v) is 6.05. The summed E-state index contributed by atoms with van der Waals surface area (Å²) in [6.45, 7) is 10.1. The van der Waals surface area contributed by atoms with E-state index in [-0.39, 0.29) is 24.0 Å². The van der Waals surface area contributed by atoms with Gasteiger partial charge in [-0.1, -0.05) is 13.3 Å². The van der Waals surface area contributed by atoms with Crippen molar-refractivity contribution in [2.45, 2.75) is 52.1 Å². The van der Waals surface area contributed by atoms with Gasteiger partial charge in [0.25, 0.3) is 0 Å². The van der Waals surface area contributed by atoms with Crippen LogP contribution in [0.2, 0.25) is 0 Å². The Morgan fingerprint density at radius 1 is 1.25 bits per heavy atom. The summed E-state index contributed by atoms with van der Waals surface area (Å²) >= 11 is 0. The molecule has 2 N–H and O–H groups in total. The van der Waals surface area contributed by atoms with Crippen molar-refractivity contribution >= 4 is 29.9 Å². The van der Waals surface area contributed by atoms with E-state index in [0.717, 1.165) is 44.7 Å². The zero-order valence-electron chi connectivity index (χ0n) is 15.1. The number of guanidine groups is 1. The molecular weight excluding hydrogens is 415 g/mol. The number of hydrogen-bond donors (Lipinski definition) is 2. The van der Waals surface area contributed by atoms with Crippen molar-refractivity contribution in [1.82, 2.24) is 25.3 Å². The van der Waals surface area contributed by atoms with Crippen LogP contribution in [-0.2, 0) is 6.54 Å². The molecule has 1 fully saturated rings. The van der Waals surface area contributed by atoms with Gasteiger partial charge in [0, 0.05) is 38.1 Å². The molecule has 138 valence electrons. The maximum Gasteiger partial charge on any atom is 0.191 e. The highest BCUT2D eigenvalue weighted by Crippen LogP contribution is 2.18. The summed E-state index contributed by atoms with van der Waals surface area (Å²) in [6.07, 6.45) is 9.11. The van der Waals surface area contributed by atoms with E-state index in [2.05, 4.69) is 34.5 Å². The first-order valence-electron chi connectivity index (χ1n) is 9.07. The van der Waals surface area contributed by atoms with Gasteiger partial charge in [0.2, 0.25) is 0 Å². The van der Waals surface area contributed by atoms with E-state index in [9.17, 15) is 0 Å². The Morgan fingerprint density at radius 2 is 2.12 bits per heavy atom. The van der Waals surface area contributed by atoms with Crippen LogP contribution in [0.15, 0.2) is 23.5 Å². The van der Waals surface area contributed by atoms with Gasteiger partial charge in [-0.2, -0.15) is 5.10 Å². The first-order valence-corrected chi connectivity index (χ1v) is 9.07. The Labute approximate surface area is 163 Å². The fourth-order valence-corrected chi connectivity index (χ4v) is 3.17. The Hall–Kier alpha value is -0.830. The minimum Gasteiger partial charge on any atom is -0.357 e. The zero-order valence-corrected chi connectivity index (χ0v) is 17.4. The van der Waals surface area contributed by atoms with Crippen LogP contribution in [-0.4, -0.2) is 59.4 Å². The van der Waals surface area contributed by atoms with Gasteiger partial charge in [0.15, 0.2) is 5.96 Å². The lowest BCUT2D eigenvalue weighted by Crippen LogP contribution is -2.42. The number of aromatic nitrogens is 2. The number of halogens is 1. The fraction of sp³-hybridized carbons (Fsp3) is 0.765. The first-order chi connectivity index (χ1) is 11.3. The summed E-state index contributed by atoms with van der Waals surface area (Å²) < 4.78 is 1.93. The third kappa shape index (κ3) is 7.38. The molecule has 0 bridgehead atoms. The van der Waals surface area contributed by atoms with Crippen molar-refractivity contribution in [3.8, 4) is 0 Å². The third-order valence-electron chi connectivity index (χ3n) is 4.41. The SMILES string of the molecule is CCNC(=NCCN1CCCCC1CC)NCCn1cccn1.I. The van der Waals surface area contributed by atoms with Crippen LogP contribution in [0.5, 0.6) is 0 Å². The topological polar surface area (TPSA) is 57.5 Å². The highest BCUT2D eigenvalue weighted by atomic mass is 127. The maximum atomic E-state index is 4.72. The largest absolute Gasteiger partial charge is 0.357 e. The number of likely N-dealkylation sites (tertiary alicyclic amines) is 1. The smallest absolute Gasteiger partial charge is 0.191 e. The molecule has 2 heterocycles. The van der Waals surface area contributed by atoms with Crippen molar-refractivity contribution in [3.05, 3.63) is 18.5 Å². The quantitative estimate of drug-likeness (QED) is 0.364. The molecule has 0 spiro atoms. The third-order valence-corrected chi connectivity index (χ3v) is 4.41. The summed E-state index contributed by atoms with van der Waals surface area (Å²) in [5, 5.41) is 10.9. The second-order valence-electron chi connectivity index (χ2n) is 6.05. The van der Waals surface area contributed by atoms with Gasteiger partial charge in [0.05, 0.1) is 13.1 Å². The van der Waals surface area contributed by atoms with Crippen LogP contribution in [0.3, 0.4) is 0 Å². The highest BCUT2D eigenvalue weighted by molar-refractivity contribution is 14.0. The van der Waals surface area contributed by atoms with Gasteiger partial charge in [-0.15, -0.1) is 24.0 Å². The van der Waals surface area contributed by atoms with Crippen molar-refractivity contribution in [1.29, 1.82) is 0 Å². The van der Waals surface area contributed by atoms with Gasteiger partial charge in [-0.25, -0.2) is 0 Å². The van der Waals surface area contributed by atoms with Crippen LogP contribution >= 0.6 is 24.0 Å². The lowest BCUT2D eigenvalue weighted by Gasteiger charge is -2.34. The molecule has 0 saturated carbocycles. The summed E-state index contributed by atoms with van der Waals surface area (Å²) in [7, 11) is 0. The molecule has 0 aliphatic carbocycles. The van der Waals surface area contributed by atoms with Crippen molar-refractivity contribution in [3.63, 3.8) is 0 Å². The number of piperidine rings is 1. The lowest BCUT2D eigenvalue weighted by molar-refractivity contribution is 0.148. The Balaban J connectivity index is 0.00000288. The minimum absolute atomic E-state index is 0. The van der Waals surface area contributed by atoms with Crippen LogP contribution in [0.4, 0.5) is 0 Å². The van der Waals surface area contributed by atoms with Gasteiger partial charge in [-0.05, 0) is 38.8 Å². The van der Waals surface area contributed by atoms with E-state index in [1.54, 1.807) is 0 Å². The molecule has 7 heteroatoms. The normalized spacial score (nSPS) is 18.9. The molecule has 1 aliphatic heterocycles. The molecule has 0 aromatic carbocycles. The van der Waals surface area contributed by atoms with Gasteiger partial charge in [-0.3, -0.25) is 14.6 Å². The standard InChI is InChI=1S/C17H32N6.HI/c1-3-16-8-5-6-12-22(16)14-10-19-17(18-4-2)20-11-15-23-13-7-9-21-23;/h7,9,13,16H,3-6,8,10-12,14-15H2,1-2H3,(H2,18,19,20);1H. The summed E-state index contributed by atoms with van der Waals surface area (Å²) in [4.78, 5) is 7.33. The van der Waals surface area contributed by atoms with E-state index in [1.165, 1.54) is 32.2 Å². The molecule has 1 aromatic heterocycles. The number of rotatable bonds is 8. The summed E-state index contributed by atoms with van der Waals surface area (Å²) in [6, 6.07) is 2.71. The van der Waals surface area contributed by atoms with E-state index in [1.807, 2.05) is 23.1 Å². The molecule has 1 aliphatic rings. The number of aliphatic imine (C=N–C) groups is 1. The molecule has 24 heavy (non-hydrogen) atoms. The molecule has 0 radical (unpaired) electrons. The predicted octanol–water partition coefficient (Wildman–Crippen LogP) is 2.32. The van der Waals surface area contributed by atoms with E-state index < -0.39 is 0 Å². The van der Waals surface area contributed by atoms with Gasteiger partial charge >= 0.3 is 0 Å². The molecule has 1 saturated heterocycles. The first kappa shape index (κ1) is 21.2. The second kappa shape index (κ2) is 12.5. The van der Waals surface area contributed by atoms with Crippen molar-refractivity contribution < 1.29 is 0 Å². The molecule has 1 aromatic rings. The van der Waals surface area contributed by atoms with Gasteiger partial charge < -0.3 is 10.6 Å². The maximum absolute atomic E-state index is 4.72. The molecule has 2 rings (SSSR count). The van der Waals surface area contributed by atoms with Crippen LogP contribution in [0.25, 0.3) is 0 Å². The monoisotopic (exact) mass is 448 g/mol. The molecule has 6 nitrogen and oxygen atoms in total. The molecule has 0 amide bonds. The Kier molecular flexibility index (Phi) is 11.1. The summed E-state index contributed by atoms with van der Waals surface area (Å²) in [5.41, 5.74) is 0. The van der Waals surface area contributed by atoms with Crippen molar-refractivity contribution in [2.75, 3.05) is 32.7 Å². The van der Waals surface area contributed by atoms with E-state index in [4.69, 9.17) is 4.99 Å². The lowest BCUT2D eigenvalue weighted by atomic mass is 10.0. The van der Waals surface area contributed by atoms with E-state index in [0.29, 0.717) is 0 Å². The molecular formula is C17H33IN6. The molecule has 1 unspecified atom stereocenters. The van der Waals surface area contributed by atoms with Crippen LogP contribution < -0.4 is 10.6 Å². The number of hydrogen-bond acceptors (Lipinski definition) is 3. The van der Waals surface area contributed by atoms with E-state index >= 15 is 0 Å². The number of nitrogens with one attached hydrogen (secondary N) is 2. The van der Waals surface area contributed by atoms with Crippen molar-refractivity contribution in [2.24, 2.45) is 4.99 Å². The summed E-state index contributed by atoms with van der Waals surface area (Å²) in [5.74, 6) is 0.907. The van der Waals surface area contributed by atoms with Crippen LogP contribution in [0, 0.1) is 0 Å². The van der Waals surface area contributed by atoms with Crippen LogP contribution in [0.1, 0.15) is 39.5 Å². The average molecular weight is 448 g/mol. The Bertz CT molecular complexity index is 448. The number of nitrogens with zero attached hydrogens (tertiary/aromatic N) is 4. The molecule has 1 atom stereocenters. The zero-order chi connectivity index (χ0) is 16.3. The minimum atomic E-state index is 0. The van der Waals surface area contributed by atoms with Gasteiger partial charge in [0.1, 0.15) is 0 Å².